The summed E-state index contributed by atoms with van der Waals surface area (Å²) in [5.74, 6) is 0.813. The second-order valence-electron chi connectivity index (χ2n) is 5.76. The first-order valence-electron chi connectivity index (χ1n) is 7.58. The minimum atomic E-state index is -0.394. The molecule has 3 atom stereocenters. The number of likely N-dealkylation sites (N-methyl/N-ethyl adjacent to an activating group) is 1. The average molecular weight is 271 g/mol. The molecule has 3 N–H and O–H groups in total. The fraction of sp³-hybridized carbons (Fsp3) is 0.933. The first-order valence-corrected chi connectivity index (χ1v) is 7.58. The third-order valence-corrected chi connectivity index (χ3v) is 4.30. The molecule has 19 heavy (non-hydrogen) atoms. The van der Waals surface area contributed by atoms with Gasteiger partial charge in [-0.05, 0) is 25.9 Å². The van der Waals surface area contributed by atoms with Gasteiger partial charge in [-0.2, -0.15) is 0 Å². The molecular weight excluding hydrogens is 238 g/mol. The van der Waals surface area contributed by atoms with E-state index in [1.807, 2.05) is 6.92 Å². The highest BCUT2D eigenvalue weighted by Gasteiger charge is 2.24. The van der Waals surface area contributed by atoms with Gasteiger partial charge in [0.05, 0.1) is 6.04 Å². The van der Waals surface area contributed by atoms with Crippen molar-refractivity contribution in [3.05, 3.63) is 0 Å². The first-order chi connectivity index (χ1) is 8.88. The van der Waals surface area contributed by atoms with E-state index in [0.717, 1.165) is 19.3 Å². The summed E-state index contributed by atoms with van der Waals surface area (Å²) in [4.78, 5) is 14.2. The first kappa shape index (κ1) is 18.4. The minimum Gasteiger partial charge on any atom is -0.353 e. The number of rotatable bonds is 9. The fourth-order valence-electron chi connectivity index (χ4n) is 2.44. The van der Waals surface area contributed by atoms with E-state index in [0.29, 0.717) is 18.5 Å². The van der Waals surface area contributed by atoms with E-state index in [1.165, 1.54) is 0 Å². The summed E-state index contributed by atoms with van der Waals surface area (Å²) in [6, 6.07) is -0.0161. The van der Waals surface area contributed by atoms with E-state index < -0.39 is 6.04 Å². The molecule has 0 saturated carbocycles. The largest absolute Gasteiger partial charge is 0.353 e. The Labute approximate surface area is 119 Å². The normalized spacial score (nSPS) is 16.5. The topological polar surface area (TPSA) is 58.4 Å². The van der Waals surface area contributed by atoms with E-state index in [9.17, 15) is 4.79 Å². The Hall–Kier alpha value is -0.610. The number of nitrogens with two attached hydrogens (primary N) is 1. The van der Waals surface area contributed by atoms with Gasteiger partial charge in [0.15, 0.2) is 0 Å². The predicted molar refractivity (Wildman–Crippen MR) is 82.0 cm³/mol. The molecule has 0 rings (SSSR count). The van der Waals surface area contributed by atoms with Gasteiger partial charge < -0.3 is 16.0 Å². The number of amides is 1. The third kappa shape index (κ3) is 5.91. The van der Waals surface area contributed by atoms with E-state index in [2.05, 4.69) is 45.1 Å². The zero-order valence-electron chi connectivity index (χ0n) is 13.6. The highest BCUT2D eigenvalue weighted by Crippen LogP contribution is 2.16. The Balaban J connectivity index is 4.44. The molecule has 0 aliphatic heterocycles. The summed E-state index contributed by atoms with van der Waals surface area (Å²) in [6.07, 6.45) is 3.19. The minimum absolute atomic E-state index is 0.0212. The van der Waals surface area contributed by atoms with Crippen LogP contribution in [-0.4, -0.2) is 43.5 Å². The number of carbonyl (C=O) groups excluding carboxylic acids is 1. The predicted octanol–water partition coefficient (Wildman–Crippen LogP) is 1.84. The molecule has 2 unspecified atom stereocenters. The number of carbonyl (C=O) groups is 1. The number of hydrogen-bond donors (Lipinski definition) is 2. The molecule has 1 amide bonds. The molecule has 0 aliphatic carbocycles. The Bertz CT molecular complexity index is 252. The summed E-state index contributed by atoms with van der Waals surface area (Å²) >= 11 is 0. The van der Waals surface area contributed by atoms with Gasteiger partial charge in [0.25, 0.3) is 0 Å². The van der Waals surface area contributed by atoms with Crippen molar-refractivity contribution >= 4 is 5.91 Å². The molecule has 0 aromatic rings. The third-order valence-electron chi connectivity index (χ3n) is 4.30. The van der Waals surface area contributed by atoms with Crippen molar-refractivity contribution < 1.29 is 4.79 Å². The lowest BCUT2D eigenvalue weighted by atomic mass is 9.93. The van der Waals surface area contributed by atoms with Crippen LogP contribution in [0.4, 0.5) is 0 Å². The van der Waals surface area contributed by atoms with Crippen molar-refractivity contribution in [1.82, 2.24) is 10.2 Å². The molecule has 0 spiro atoms. The van der Waals surface area contributed by atoms with Gasteiger partial charge in [-0.15, -0.1) is 0 Å². The van der Waals surface area contributed by atoms with Crippen LogP contribution >= 0.6 is 0 Å². The van der Waals surface area contributed by atoms with Crippen LogP contribution in [0.3, 0.4) is 0 Å². The van der Waals surface area contributed by atoms with E-state index in [4.69, 9.17) is 5.73 Å². The number of hydrogen-bond acceptors (Lipinski definition) is 3. The summed E-state index contributed by atoms with van der Waals surface area (Å²) in [5.41, 5.74) is 5.95. The number of nitrogens with zero attached hydrogens (tertiary/aromatic N) is 1. The van der Waals surface area contributed by atoms with Crippen LogP contribution < -0.4 is 11.1 Å². The van der Waals surface area contributed by atoms with Crippen molar-refractivity contribution in [2.45, 2.75) is 59.0 Å². The molecule has 0 aromatic carbocycles. The van der Waals surface area contributed by atoms with Crippen molar-refractivity contribution in [2.75, 3.05) is 20.6 Å². The smallest absolute Gasteiger partial charge is 0.237 e. The molecular formula is C15H33N3O. The molecule has 4 nitrogen and oxygen atoms in total. The lowest BCUT2D eigenvalue weighted by Crippen LogP contribution is -2.50. The van der Waals surface area contributed by atoms with Crippen LogP contribution in [0.5, 0.6) is 0 Å². The highest BCUT2D eigenvalue weighted by atomic mass is 16.2. The summed E-state index contributed by atoms with van der Waals surface area (Å²) in [6.45, 7) is 9.18. The van der Waals surface area contributed by atoms with Crippen molar-refractivity contribution in [3.8, 4) is 0 Å². The van der Waals surface area contributed by atoms with Gasteiger partial charge in [0, 0.05) is 12.6 Å². The summed E-state index contributed by atoms with van der Waals surface area (Å²) in [7, 11) is 4.15. The molecule has 0 saturated heterocycles. The summed E-state index contributed by atoms with van der Waals surface area (Å²) in [5, 5.41) is 3.02. The molecule has 0 fully saturated rings. The van der Waals surface area contributed by atoms with Crippen molar-refractivity contribution in [3.63, 3.8) is 0 Å². The second kappa shape index (κ2) is 9.32. The van der Waals surface area contributed by atoms with Crippen LogP contribution in [0, 0.1) is 11.8 Å². The molecule has 114 valence electrons. The van der Waals surface area contributed by atoms with Gasteiger partial charge in [-0.3, -0.25) is 4.79 Å². The van der Waals surface area contributed by atoms with Crippen LogP contribution in [0.1, 0.15) is 47.0 Å². The lowest BCUT2D eigenvalue weighted by Gasteiger charge is -2.32. The lowest BCUT2D eigenvalue weighted by molar-refractivity contribution is -0.123. The molecule has 0 aromatic heterocycles. The standard InChI is InChI=1S/C15H33N3O/c1-7-11(4)14(16)15(19)17-10-13(18(5)6)12(8-2)9-3/h11-14H,7-10,16H2,1-6H3,(H,17,19)/t11?,13?,14-/m0/s1. The molecule has 4 heteroatoms. The fourth-order valence-corrected chi connectivity index (χ4v) is 2.44. The van der Waals surface area contributed by atoms with E-state index in [-0.39, 0.29) is 11.8 Å². The van der Waals surface area contributed by atoms with E-state index in [1.54, 1.807) is 0 Å². The Morgan fingerprint density at radius 2 is 1.68 bits per heavy atom. The van der Waals surface area contributed by atoms with Crippen molar-refractivity contribution in [2.24, 2.45) is 17.6 Å². The SMILES string of the molecule is CCC(CC)C(CNC(=O)[C@@H](N)C(C)CC)N(C)C. The summed E-state index contributed by atoms with van der Waals surface area (Å²) < 4.78 is 0. The van der Waals surface area contributed by atoms with E-state index >= 15 is 0 Å². The zero-order chi connectivity index (χ0) is 15.0. The Morgan fingerprint density at radius 1 is 1.16 bits per heavy atom. The van der Waals surface area contributed by atoms with Gasteiger partial charge in [0.1, 0.15) is 0 Å². The van der Waals surface area contributed by atoms with Gasteiger partial charge in [-0.25, -0.2) is 0 Å². The van der Waals surface area contributed by atoms with Gasteiger partial charge in [0.2, 0.25) is 5.91 Å². The highest BCUT2D eigenvalue weighted by molar-refractivity contribution is 5.81. The molecule has 0 radical (unpaired) electrons. The quantitative estimate of drug-likeness (QED) is 0.673. The number of nitrogens with one attached hydrogen (secondary N) is 1. The maximum Gasteiger partial charge on any atom is 0.237 e. The van der Waals surface area contributed by atoms with Gasteiger partial charge in [-0.1, -0.05) is 47.0 Å². The Morgan fingerprint density at radius 3 is 2.05 bits per heavy atom. The van der Waals surface area contributed by atoms with Crippen LogP contribution in [0.2, 0.25) is 0 Å². The monoisotopic (exact) mass is 271 g/mol. The Kier molecular flexibility index (Phi) is 9.02. The van der Waals surface area contributed by atoms with Gasteiger partial charge >= 0.3 is 0 Å². The van der Waals surface area contributed by atoms with Crippen LogP contribution in [0.15, 0.2) is 0 Å². The maximum atomic E-state index is 12.0. The van der Waals surface area contributed by atoms with Crippen LogP contribution in [0.25, 0.3) is 0 Å². The maximum absolute atomic E-state index is 12.0. The van der Waals surface area contributed by atoms with Crippen LogP contribution in [-0.2, 0) is 4.79 Å². The molecule has 0 bridgehead atoms. The second-order valence-corrected chi connectivity index (χ2v) is 5.76. The average Bonchev–Trinajstić information content (AvgIpc) is 2.40. The van der Waals surface area contributed by atoms with Crippen molar-refractivity contribution in [1.29, 1.82) is 0 Å². The molecule has 0 aliphatic rings. The molecule has 0 heterocycles. The zero-order valence-corrected chi connectivity index (χ0v) is 13.6.